The molecule has 0 aliphatic heterocycles. The van der Waals surface area contributed by atoms with Crippen LogP contribution in [0.2, 0.25) is 0 Å². The van der Waals surface area contributed by atoms with Crippen molar-refractivity contribution in [3.8, 4) is 11.4 Å². The summed E-state index contributed by atoms with van der Waals surface area (Å²) in [6.07, 6.45) is 0.671. The van der Waals surface area contributed by atoms with E-state index >= 15 is 0 Å². The molecule has 0 atom stereocenters. The van der Waals surface area contributed by atoms with Gasteiger partial charge in [-0.3, -0.25) is 4.79 Å². The van der Waals surface area contributed by atoms with Crippen LogP contribution in [0.3, 0.4) is 0 Å². The maximum Gasteiger partial charge on any atom is 0.269 e. The van der Waals surface area contributed by atoms with Gasteiger partial charge in [-0.05, 0) is 42.2 Å². The van der Waals surface area contributed by atoms with Crippen LogP contribution in [0, 0.1) is 0 Å². The summed E-state index contributed by atoms with van der Waals surface area (Å²) in [5.41, 5.74) is 4.09. The average Bonchev–Trinajstić information content (AvgIpc) is 3.28. The van der Waals surface area contributed by atoms with Crippen molar-refractivity contribution in [1.82, 2.24) is 19.6 Å². The third-order valence-corrected chi connectivity index (χ3v) is 4.68. The molecule has 0 bridgehead atoms. The Balaban J connectivity index is 1.70. The molecule has 0 fully saturated rings. The molecule has 0 saturated carbocycles. The zero-order chi connectivity index (χ0) is 17.2. The Bertz CT molecular complexity index is 1020. The fourth-order valence-electron chi connectivity index (χ4n) is 2.67. The van der Waals surface area contributed by atoms with E-state index in [-0.39, 0.29) is 5.91 Å². The highest BCUT2D eigenvalue weighted by molar-refractivity contribution is 7.08. The molecule has 0 aliphatic rings. The van der Waals surface area contributed by atoms with E-state index in [0.29, 0.717) is 22.7 Å². The first-order valence-electron chi connectivity index (χ1n) is 7.93. The number of aromatic nitrogens is 4. The number of aryl methyl sites for hydroxylation is 1. The minimum absolute atomic E-state index is 0.199. The lowest BCUT2D eigenvalue weighted by molar-refractivity contribution is 0.102. The van der Waals surface area contributed by atoms with E-state index in [1.807, 2.05) is 55.5 Å². The van der Waals surface area contributed by atoms with Gasteiger partial charge in [0.05, 0.1) is 22.4 Å². The lowest BCUT2D eigenvalue weighted by atomic mass is 10.1. The highest BCUT2D eigenvalue weighted by Crippen LogP contribution is 2.28. The number of amides is 1. The lowest BCUT2D eigenvalue weighted by Gasteiger charge is -2.08. The Morgan fingerprint density at radius 1 is 1.16 bits per heavy atom. The van der Waals surface area contributed by atoms with Gasteiger partial charge in [0.2, 0.25) is 0 Å². The highest BCUT2D eigenvalue weighted by Gasteiger charge is 2.17. The predicted octanol–water partition coefficient (Wildman–Crippen LogP) is 3.90. The van der Waals surface area contributed by atoms with Crippen LogP contribution in [-0.2, 0) is 6.42 Å². The van der Waals surface area contributed by atoms with Crippen molar-refractivity contribution in [2.75, 3.05) is 5.32 Å². The van der Waals surface area contributed by atoms with Crippen molar-refractivity contribution in [2.45, 2.75) is 13.3 Å². The minimum Gasteiger partial charge on any atom is -0.338 e. The number of fused-ring (bicyclic) bond motifs is 1. The molecule has 2 N–H and O–H groups in total. The van der Waals surface area contributed by atoms with Crippen LogP contribution in [0.15, 0.2) is 48.5 Å². The summed E-state index contributed by atoms with van der Waals surface area (Å²) in [5, 5.41) is 6.96. The van der Waals surface area contributed by atoms with Crippen LogP contribution in [0.25, 0.3) is 22.4 Å². The molecule has 4 rings (SSSR count). The maximum atomic E-state index is 12.6. The smallest absolute Gasteiger partial charge is 0.269 e. The zero-order valence-corrected chi connectivity index (χ0v) is 14.3. The second-order valence-corrected chi connectivity index (χ2v) is 6.26. The molecule has 0 unspecified atom stereocenters. The monoisotopic (exact) mass is 349 g/mol. The summed E-state index contributed by atoms with van der Waals surface area (Å²) in [6, 6.07) is 15.4. The number of benzene rings is 2. The molecule has 2 heterocycles. The van der Waals surface area contributed by atoms with E-state index in [4.69, 9.17) is 0 Å². The first-order valence-corrected chi connectivity index (χ1v) is 8.70. The van der Waals surface area contributed by atoms with Gasteiger partial charge >= 0.3 is 0 Å². The van der Waals surface area contributed by atoms with Crippen molar-refractivity contribution in [3.05, 3.63) is 59.1 Å². The first kappa shape index (κ1) is 15.5. The number of rotatable bonds is 4. The summed E-state index contributed by atoms with van der Waals surface area (Å²) in [5.74, 6) is 0.519. The molecule has 0 saturated heterocycles. The van der Waals surface area contributed by atoms with Crippen LogP contribution in [-0.4, -0.2) is 25.5 Å². The van der Waals surface area contributed by atoms with Crippen molar-refractivity contribution in [2.24, 2.45) is 0 Å². The second kappa shape index (κ2) is 6.45. The molecule has 0 spiro atoms. The third-order valence-electron chi connectivity index (χ3n) is 3.92. The molecule has 2 aromatic carbocycles. The molecule has 0 radical (unpaired) electrons. The molecule has 25 heavy (non-hydrogen) atoms. The molecule has 4 aromatic rings. The number of aromatic amines is 1. The number of hydrogen-bond acceptors (Lipinski definition) is 5. The van der Waals surface area contributed by atoms with Gasteiger partial charge in [-0.25, -0.2) is 4.98 Å². The van der Waals surface area contributed by atoms with Crippen LogP contribution in [0.5, 0.6) is 0 Å². The van der Waals surface area contributed by atoms with Crippen LogP contribution in [0.4, 0.5) is 5.69 Å². The van der Waals surface area contributed by atoms with Gasteiger partial charge in [0.25, 0.3) is 5.91 Å². The van der Waals surface area contributed by atoms with Gasteiger partial charge in [0, 0.05) is 5.56 Å². The highest BCUT2D eigenvalue weighted by atomic mass is 32.1. The maximum absolute atomic E-state index is 12.6. The fraction of sp³-hybridized carbons (Fsp3) is 0.111. The number of nitrogens with one attached hydrogen (secondary N) is 2. The number of carbonyl (C=O) groups is 1. The zero-order valence-electron chi connectivity index (χ0n) is 13.5. The summed E-state index contributed by atoms with van der Waals surface area (Å²) in [6.45, 7) is 1.95. The Morgan fingerprint density at radius 3 is 2.80 bits per heavy atom. The summed E-state index contributed by atoms with van der Waals surface area (Å²) >= 11 is 1.11. The Kier molecular flexibility index (Phi) is 3.99. The number of imidazole rings is 1. The van der Waals surface area contributed by atoms with E-state index in [2.05, 4.69) is 24.9 Å². The van der Waals surface area contributed by atoms with Crippen molar-refractivity contribution in [1.29, 1.82) is 0 Å². The molecular weight excluding hydrogens is 334 g/mol. The standard InChI is InChI=1S/C18H15N5OS/c1-2-12-16(25-23-22-12)18(24)21-13-8-4-3-7-11(13)17-19-14-9-5-6-10-15(14)20-17/h3-10H,2H2,1H3,(H,19,20)(H,21,24). The van der Waals surface area contributed by atoms with E-state index < -0.39 is 0 Å². The van der Waals surface area contributed by atoms with Gasteiger partial charge in [-0.1, -0.05) is 35.7 Å². The quantitative estimate of drug-likeness (QED) is 0.585. The van der Waals surface area contributed by atoms with Crippen molar-refractivity contribution >= 4 is 34.2 Å². The summed E-state index contributed by atoms with van der Waals surface area (Å²) in [7, 11) is 0. The molecule has 124 valence electrons. The molecule has 0 aliphatic carbocycles. The molecule has 7 heteroatoms. The molecule has 1 amide bonds. The fourth-order valence-corrected chi connectivity index (χ4v) is 3.32. The predicted molar refractivity (Wildman–Crippen MR) is 98.8 cm³/mol. The van der Waals surface area contributed by atoms with Crippen LogP contribution < -0.4 is 5.32 Å². The van der Waals surface area contributed by atoms with Gasteiger partial charge < -0.3 is 10.3 Å². The van der Waals surface area contributed by atoms with E-state index in [9.17, 15) is 4.79 Å². The summed E-state index contributed by atoms with van der Waals surface area (Å²) < 4.78 is 3.88. The number of hydrogen-bond donors (Lipinski definition) is 2. The van der Waals surface area contributed by atoms with Crippen molar-refractivity contribution in [3.63, 3.8) is 0 Å². The third kappa shape index (κ3) is 2.89. The normalized spacial score (nSPS) is 10.9. The van der Waals surface area contributed by atoms with E-state index in [1.54, 1.807) is 0 Å². The SMILES string of the molecule is CCc1nnsc1C(=O)Nc1ccccc1-c1nc2ccccc2[nH]1. The molecular formula is C18H15N5OS. The van der Waals surface area contributed by atoms with Gasteiger partial charge in [-0.2, -0.15) is 0 Å². The average molecular weight is 349 g/mol. The van der Waals surface area contributed by atoms with Gasteiger partial charge in [0.1, 0.15) is 10.7 Å². The Labute approximate surface area is 148 Å². The Morgan fingerprint density at radius 2 is 1.96 bits per heavy atom. The number of para-hydroxylation sites is 3. The first-order chi connectivity index (χ1) is 12.3. The molecule has 6 nitrogen and oxygen atoms in total. The van der Waals surface area contributed by atoms with Gasteiger partial charge in [-0.15, -0.1) is 5.10 Å². The van der Waals surface area contributed by atoms with Crippen molar-refractivity contribution < 1.29 is 4.79 Å². The number of carbonyl (C=O) groups excluding carboxylic acids is 1. The minimum atomic E-state index is -0.199. The Hall–Kier alpha value is -3.06. The van der Waals surface area contributed by atoms with Gasteiger partial charge in [0.15, 0.2) is 0 Å². The van der Waals surface area contributed by atoms with Crippen LogP contribution in [0.1, 0.15) is 22.3 Å². The second-order valence-electron chi connectivity index (χ2n) is 5.50. The lowest BCUT2D eigenvalue weighted by Crippen LogP contribution is -2.13. The largest absolute Gasteiger partial charge is 0.338 e. The number of anilines is 1. The van der Waals surface area contributed by atoms with E-state index in [1.165, 1.54) is 0 Å². The summed E-state index contributed by atoms with van der Waals surface area (Å²) in [4.78, 5) is 21.1. The van der Waals surface area contributed by atoms with Crippen LogP contribution >= 0.6 is 11.5 Å². The topological polar surface area (TPSA) is 83.6 Å². The van der Waals surface area contributed by atoms with E-state index in [0.717, 1.165) is 34.0 Å². The molecule has 2 aromatic heterocycles. The number of H-pyrrole nitrogens is 1. The number of nitrogens with zero attached hydrogens (tertiary/aromatic N) is 3.